The predicted molar refractivity (Wildman–Crippen MR) is 80.2 cm³/mol. The molecule has 16 heavy (non-hydrogen) atoms. The molecule has 5 heteroatoms. The Morgan fingerprint density at radius 2 is 2.12 bits per heavy atom. The molecule has 0 aliphatic rings. The molecule has 1 aromatic carbocycles. The normalized spacial score (nSPS) is 12.8. The van der Waals surface area contributed by atoms with E-state index in [0.29, 0.717) is 4.34 Å². The van der Waals surface area contributed by atoms with E-state index in [1.54, 1.807) is 0 Å². The Balaban J connectivity index is 2.35. The molecule has 1 unspecified atom stereocenters. The number of hydrogen-bond donors (Lipinski definition) is 1. The number of aliphatic hydroxyl groups is 1. The van der Waals surface area contributed by atoms with Gasteiger partial charge in [0, 0.05) is 12.9 Å². The van der Waals surface area contributed by atoms with Crippen molar-refractivity contribution in [2.45, 2.75) is 6.10 Å². The highest BCUT2D eigenvalue weighted by atomic mass is 127. The summed E-state index contributed by atoms with van der Waals surface area (Å²) >= 11 is 12.9. The molecular formula is C11H7BrClIOS. The topological polar surface area (TPSA) is 20.2 Å². The zero-order valence-corrected chi connectivity index (χ0v) is 13.3. The molecule has 1 atom stereocenters. The number of rotatable bonds is 2. The number of hydrogen-bond acceptors (Lipinski definition) is 2. The molecule has 0 aliphatic carbocycles. The van der Waals surface area contributed by atoms with Gasteiger partial charge in [-0.15, -0.1) is 11.3 Å². The van der Waals surface area contributed by atoms with Gasteiger partial charge in [0.2, 0.25) is 0 Å². The minimum atomic E-state index is -0.608. The molecule has 0 bridgehead atoms. The van der Waals surface area contributed by atoms with Gasteiger partial charge >= 0.3 is 0 Å². The van der Waals surface area contributed by atoms with E-state index < -0.39 is 6.10 Å². The van der Waals surface area contributed by atoms with Crippen LogP contribution in [0.5, 0.6) is 0 Å². The lowest BCUT2D eigenvalue weighted by molar-refractivity contribution is 0.224. The maximum absolute atomic E-state index is 10.2. The van der Waals surface area contributed by atoms with Crippen molar-refractivity contribution in [3.63, 3.8) is 0 Å². The van der Waals surface area contributed by atoms with Crippen molar-refractivity contribution in [2.24, 2.45) is 0 Å². The van der Waals surface area contributed by atoms with Gasteiger partial charge in [-0.2, -0.15) is 0 Å². The van der Waals surface area contributed by atoms with Crippen molar-refractivity contribution in [3.05, 3.63) is 53.2 Å². The van der Waals surface area contributed by atoms with Gasteiger partial charge in [0.15, 0.2) is 0 Å². The summed E-state index contributed by atoms with van der Waals surface area (Å²) in [6.07, 6.45) is -0.608. The second kappa shape index (κ2) is 5.35. The van der Waals surface area contributed by atoms with Crippen LogP contribution >= 0.6 is 61.5 Å². The van der Waals surface area contributed by atoms with E-state index in [1.165, 1.54) is 11.3 Å². The van der Waals surface area contributed by atoms with E-state index in [2.05, 4.69) is 38.5 Å². The summed E-state index contributed by atoms with van der Waals surface area (Å²) in [5, 5.41) is 10.2. The second-order valence-electron chi connectivity index (χ2n) is 3.23. The van der Waals surface area contributed by atoms with Gasteiger partial charge in [-0.3, -0.25) is 0 Å². The monoisotopic (exact) mass is 428 g/mol. The lowest BCUT2D eigenvalue weighted by Crippen LogP contribution is -1.96. The van der Waals surface area contributed by atoms with Crippen molar-refractivity contribution in [1.82, 2.24) is 0 Å². The van der Waals surface area contributed by atoms with Crippen molar-refractivity contribution >= 4 is 61.5 Å². The highest BCUT2D eigenvalue weighted by molar-refractivity contribution is 14.1. The summed E-state index contributed by atoms with van der Waals surface area (Å²) < 4.78 is 2.61. The van der Waals surface area contributed by atoms with Gasteiger partial charge in [-0.25, -0.2) is 0 Å². The molecule has 0 radical (unpaired) electrons. The molecule has 0 saturated carbocycles. The van der Waals surface area contributed by atoms with E-state index in [1.807, 2.05) is 30.3 Å². The zero-order valence-electron chi connectivity index (χ0n) is 7.95. The molecule has 1 nitrogen and oxygen atoms in total. The first-order valence-corrected chi connectivity index (χ1v) is 7.53. The van der Waals surface area contributed by atoms with Gasteiger partial charge in [0.1, 0.15) is 10.4 Å². The summed E-state index contributed by atoms with van der Waals surface area (Å²) in [7, 11) is 0. The summed E-state index contributed by atoms with van der Waals surface area (Å²) in [6, 6.07) is 9.66. The average molecular weight is 430 g/mol. The zero-order chi connectivity index (χ0) is 11.7. The quantitative estimate of drug-likeness (QED) is 0.677. The van der Waals surface area contributed by atoms with Gasteiger partial charge in [0.25, 0.3) is 0 Å². The first kappa shape index (κ1) is 12.8. The van der Waals surface area contributed by atoms with E-state index in [-0.39, 0.29) is 0 Å². The molecule has 2 rings (SSSR count). The molecule has 0 saturated heterocycles. The first-order valence-electron chi connectivity index (χ1n) is 4.46. The number of benzene rings is 1. The molecular weight excluding hydrogens is 422 g/mol. The minimum absolute atomic E-state index is 0.608. The number of aliphatic hydroxyl groups excluding tert-OH is 1. The Kier molecular flexibility index (Phi) is 4.29. The summed E-state index contributed by atoms with van der Waals surface area (Å²) in [4.78, 5) is 0.846. The number of halogens is 3. The fraction of sp³-hybridized carbons (Fsp3) is 0.0909. The van der Waals surface area contributed by atoms with Crippen LogP contribution in [0.25, 0.3) is 0 Å². The molecule has 0 amide bonds. The first-order chi connectivity index (χ1) is 7.58. The summed E-state index contributed by atoms with van der Waals surface area (Å²) in [5.41, 5.74) is 0.886. The van der Waals surface area contributed by atoms with Crippen LogP contribution in [-0.2, 0) is 0 Å². The smallest absolute Gasteiger partial charge is 0.113 e. The van der Waals surface area contributed by atoms with Gasteiger partial charge in [-0.05, 0) is 62.3 Å². The molecule has 2 aromatic rings. The highest BCUT2D eigenvalue weighted by Crippen LogP contribution is 2.37. The fourth-order valence-corrected chi connectivity index (χ4v) is 3.66. The molecule has 0 spiro atoms. The number of thiophene rings is 1. The van der Waals surface area contributed by atoms with Gasteiger partial charge in [0.05, 0.1) is 0 Å². The van der Waals surface area contributed by atoms with Crippen molar-refractivity contribution < 1.29 is 5.11 Å². The van der Waals surface area contributed by atoms with Crippen LogP contribution in [0.4, 0.5) is 0 Å². The van der Waals surface area contributed by atoms with E-state index in [0.717, 1.165) is 18.5 Å². The van der Waals surface area contributed by atoms with E-state index >= 15 is 0 Å². The Hall–Kier alpha value is 0.380. The van der Waals surface area contributed by atoms with Crippen LogP contribution in [0, 0.1) is 3.57 Å². The van der Waals surface area contributed by atoms with Crippen molar-refractivity contribution in [3.8, 4) is 0 Å². The van der Waals surface area contributed by atoms with Gasteiger partial charge < -0.3 is 5.11 Å². The van der Waals surface area contributed by atoms with Crippen LogP contribution in [0.2, 0.25) is 4.34 Å². The molecule has 0 fully saturated rings. The SMILES string of the molecule is OC(c1cccc(I)c1)c1cc(Br)c(Cl)s1. The fourth-order valence-electron chi connectivity index (χ4n) is 1.34. The second-order valence-corrected chi connectivity index (χ2v) is 7.01. The molecule has 1 heterocycles. The van der Waals surface area contributed by atoms with Crippen LogP contribution in [0.15, 0.2) is 34.8 Å². The molecule has 0 aliphatic heterocycles. The van der Waals surface area contributed by atoms with Crippen LogP contribution in [-0.4, -0.2) is 5.11 Å². The van der Waals surface area contributed by atoms with Crippen molar-refractivity contribution in [2.75, 3.05) is 0 Å². The largest absolute Gasteiger partial charge is 0.383 e. The van der Waals surface area contributed by atoms with Crippen LogP contribution in [0.3, 0.4) is 0 Å². The van der Waals surface area contributed by atoms with E-state index in [9.17, 15) is 5.11 Å². The molecule has 1 N–H and O–H groups in total. The average Bonchev–Trinajstić information content (AvgIpc) is 2.58. The predicted octanol–water partition coefficient (Wildman–Crippen LogP) is 4.85. The third-order valence-corrected chi connectivity index (χ3v) is 5.30. The van der Waals surface area contributed by atoms with Crippen LogP contribution < -0.4 is 0 Å². The van der Waals surface area contributed by atoms with Gasteiger partial charge in [-0.1, -0.05) is 23.7 Å². The highest BCUT2D eigenvalue weighted by Gasteiger charge is 2.15. The lowest BCUT2D eigenvalue weighted by Gasteiger charge is -2.08. The van der Waals surface area contributed by atoms with Crippen LogP contribution in [0.1, 0.15) is 16.5 Å². The Morgan fingerprint density at radius 3 is 2.69 bits per heavy atom. The summed E-state index contributed by atoms with van der Waals surface area (Å²) in [6.45, 7) is 0. The third kappa shape index (κ3) is 2.79. The Bertz CT molecular complexity index is 495. The summed E-state index contributed by atoms with van der Waals surface area (Å²) in [5.74, 6) is 0. The molecule has 1 aromatic heterocycles. The Labute approximate surface area is 125 Å². The maximum Gasteiger partial charge on any atom is 0.113 e. The van der Waals surface area contributed by atoms with E-state index in [4.69, 9.17) is 11.6 Å². The minimum Gasteiger partial charge on any atom is -0.383 e. The standard InChI is InChI=1S/C11H7BrClIOS/c12-8-5-9(16-11(8)13)10(15)6-2-1-3-7(14)4-6/h1-5,10,15H. The Morgan fingerprint density at radius 1 is 1.38 bits per heavy atom. The molecule has 84 valence electrons. The maximum atomic E-state index is 10.2. The van der Waals surface area contributed by atoms with Crippen molar-refractivity contribution in [1.29, 1.82) is 0 Å². The third-order valence-electron chi connectivity index (χ3n) is 2.10. The lowest BCUT2D eigenvalue weighted by atomic mass is 10.1.